The molecule has 0 saturated carbocycles. The summed E-state index contributed by atoms with van der Waals surface area (Å²) in [6.45, 7) is 3.87. The summed E-state index contributed by atoms with van der Waals surface area (Å²) in [4.78, 5) is 39.1. The molecule has 5 rings (SSSR count). The van der Waals surface area contributed by atoms with Crippen molar-refractivity contribution in [2.24, 2.45) is 0 Å². The lowest BCUT2D eigenvalue weighted by molar-refractivity contribution is -0.403. The Morgan fingerprint density at radius 1 is 1.00 bits per heavy atom. The van der Waals surface area contributed by atoms with Crippen molar-refractivity contribution in [1.82, 2.24) is 10.2 Å². The summed E-state index contributed by atoms with van der Waals surface area (Å²) in [7, 11) is 0. The maximum Gasteiger partial charge on any atom is 0.261 e. The van der Waals surface area contributed by atoms with E-state index in [4.69, 9.17) is 25.8 Å². The van der Waals surface area contributed by atoms with Crippen LogP contribution in [0.15, 0.2) is 48.5 Å². The van der Waals surface area contributed by atoms with Crippen molar-refractivity contribution in [2.45, 2.75) is 44.1 Å². The van der Waals surface area contributed by atoms with Crippen molar-refractivity contribution >= 4 is 29.3 Å². The molecule has 0 spiro atoms. The highest BCUT2D eigenvalue weighted by Gasteiger charge is 2.56. The zero-order chi connectivity index (χ0) is 23.3. The molecule has 8 nitrogen and oxygen atoms in total. The fourth-order valence-corrected chi connectivity index (χ4v) is 4.68. The van der Waals surface area contributed by atoms with Crippen LogP contribution in [-0.4, -0.2) is 65.9 Å². The number of ether oxygens (including phenoxy) is 3. The first kappa shape index (κ1) is 22.0. The monoisotopic (exact) mass is 470 g/mol. The number of imide groups is 1. The number of carbonyl (C=O) groups excluding carboxylic acids is 3. The number of benzene rings is 2. The topological polar surface area (TPSA) is 94.2 Å². The van der Waals surface area contributed by atoms with Crippen molar-refractivity contribution in [3.8, 4) is 0 Å². The second-order valence-corrected chi connectivity index (χ2v) is 9.20. The van der Waals surface area contributed by atoms with Crippen LogP contribution in [0.4, 0.5) is 0 Å². The molecule has 0 radical (unpaired) electrons. The van der Waals surface area contributed by atoms with E-state index in [-0.39, 0.29) is 36.6 Å². The number of rotatable bonds is 5. The highest BCUT2D eigenvalue weighted by Crippen LogP contribution is 2.39. The van der Waals surface area contributed by atoms with Crippen molar-refractivity contribution in [2.75, 3.05) is 13.1 Å². The molecule has 33 heavy (non-hydrogen) atoms. The molecule has 0 aliphatic carbocycles. The van der Waals surface area contributed by atoms with Gasteiger partial charge in [0.2, 0.25) is 0 Å². The minimum atomic E-state index is -0.916. The molecule has 172 valence electrons. The number of nitrogens with zero attached hydrogens (tertiary/aromatic N) is 1. The van der Waals surface area contributed by atoms with Gasteiger partial charge in [0, 0.05) is 17.1 Å². The van der Waals surface area contributed by atoms with Crippen LogP contribution >= 0.6 is 11.6 Å². The minimum absolute atomic E-state index is 0.0598. The smallest absolute Gasteiger partial charge is 0.261 e. The van der Waals surface area contributed by atoms with E-state index in [1.807, 2.05) is 6.07 Å². The molecule has 3 aliphatic rings. The summed E-state index contributed by atoms with van der Waals surface area (Å²) in [5.41, 5.74) is 1.17. The fraction of sp³-hybridized carbons (Fsp3) is 0.375. The third-order valence-electron chi connectivity index (χ3n) is 6.04. The van der Waals surface area contributed by atoms with Gasteiger partial charge in [-0.15, -0.1) is 0 Å². The first-order valence-electron chi connectivity index (χ1n) is 10.7. The lowest BCUT2D eigenvalue weighted by atomic mass is 9.92. The Morgan fingerprint density at radius 2 is 1.73 bits per heavy atom. The van der Waals surface area contributed by atoms with Crippen molar-refractivity contribution < 1.29 is 28.6 Å². The Labute approximate surface area is 195 Å². The summed E-state index contributed by atoms with van der Waals surface area (Å²) >= 11 is 5.99. The number of carbonyl (C=O) groups is 3. The van der Waals surface area contributed by atoms with Gasteiger partial charge in [0.25, 0.3) is 17.7 Å². The van der Waals surface area contributed by atoms with E-state index in [1.54, 1.807) is 50.2 Å². The average molecular weight is 471 g/mol. The van der Waals surface area contributed by atoms with Crippen LogP contribution in [-0.2, 0) is 14.2 Å². The van der Waals surface area contributed by atoms with Crippen LogP contribution in [0.5, 0.6) is 0 Å². The number of nitrogens with one attached hydrogen (secondary N) is 1. The molecule has 3 aliphatic heterocycles. The van der Waals surface area contributed by atoms with Gasteiger partial charge in [0.1, 0.15) is 24.4 Å². The van der Waals surface area contributed by atoms with E-state index in [1.165, 1.54) is 11.0 Å². The Kier molecular flexibility index (Phi) is 5.49. The van der Waals surface area contributed by atoms with E-state index in [0.29, 0.717) is 16.1 Å². The van der Waals surface area contributed by atoms with Crippen LogP contribution in [0, 0.1) is 0 Å². The zero-order valence-corrected chi connectivity index (χ0v) is 18.9. The molecular weight excluding hydrogens is 448 g/mol. The maximum absolute atomic E-state index is 12.8. The molecule has 3 heterocycles. The van der Waals surface area contributed by atoms with Crippen LogP contribution in [0.2, 0.25) is 5.02 Å². The Bertz CT molecular complexity index is 1120. The molecule has 2 fully saturated rings. The molecule has 0 bridgehead atoms. The van der Waals surface area contributed by atoms with Gasteiger partial charge in [-0.2, -0.15) is 0 Å². The van der Waals surface area contributed by atoms with Crippen LogP contribution < -0.4 is 5.32 Å². The standard InChI is InChI=1S/C24H23ClN2O6/c1-24(2)32-17(11-26-21(28)13-6-4-3-5-7-13)19-20(33-24)18(31-19)12-27-22(29)15-9-8-14(25)10-16(15)23(27)30/h3-10,17-20H,11-12H2,1-2H3,(H,26,28)/t17-,18+,19?,20+/m0/s1. The number of fused-ring (bicyclic) bond motifs is 2. The maximum atomic E-state index is 12.8. The predicted molar refractivity (Wildman–Crippen MR) is 118 cm³/mol. The Balaban J connectivity index is 1.25. The van der Waals surface area contributed by atoms with E-state index in [2.05, 4.69) is 5.32 Å². The largest absolute Gasteiger partial charge is 0.365 e. The van der Waals surface area contributed by atoms with Gasteiger partial charge in [0.05, 0.1) is 17.7 Å². The van der Waals surface area contributed by atoms with Gasteiger partial charge in [-0.05, 0) is 44.2 Å². The van der Waals surface area contributed by atoms with Crippen LogP contribution in [0.25, 0.3) is 0 Å². The van der Waals surface area contributed by atoms with E-state index >= 15 is 0 Å². The van der Waals surface area contributed by atoms with E-state index in [9.17, 15) is 14.4 Å². The third-order valence-corrected chi connectivity index (χ3v) is 6.27. The average Bonchev–Trinajstić information content (AvgIpc) is 3.01. The molecule has 1 unspecified atom stereocenters. The SMILES string of the molecule is CC1(C)O[C@@H](CNC(=O)c2ccccc2)C2O[C@H](CN3C(=O)c4ccc(Cl)cc4C3=O)[C@H]2O1. The molecule has 4 atom stereocenters. The van der Waals surface area contributed by atoms with Crippen molar-refractivity contribution in [3.05, 3.63) is 70.2 Å². The molecule has 0 aromatic heterocycles. The van der Waals surface area contributed by atoms with Gasteiger partial charge >= 0.3 is 0 Å². The van der Waals surface area contributed by atoms with Gasteiger partial charge in [0.15, 0.2) is 5.79 Å². The molecule has 2 saturated heterocycles. The van der Waals surface area contributed by atoms with E-state index < -0.39 is 30.0 Å². The molecule has 1 N–H and O–H groups in total. The minimum Gasteiger partial charge on any atom is -0.365 e. The molecule has 3 amide bonds. The first-order chi connectivity index (χ1) is 15.7. The highest BCUT2D eigenvalue weighted by atomic mass is 35.5. The molecular formula is C24H23ClN2O6. The summed E-state index contributed by atoms with van der Waals surface area (Å²) in [6, 6.07) is 13.6. The zero-order valence-electron chi connectivity index (χ0n) is 18.1. The Morgan fingerprint density at radius 3 is 2.48 bits per heavy atom. The van der Waals surface area contributed by atoms with Crippen LogP contribution in [0.3, 0.4) is 0 Å². The second-order valence-electron chi connectivity index (χ2n) is 8.76. The van der Waals surface area contributed by atoms with Crippen molar-refractivity contribution in [3.63, 3.8) is 0 Å². The Hall–Kier alpha value is -2.78. The predicted octanol–water partition coefficient (Wildman–Crippen LogP) is 2.65. The highest BCUT2D eigenvalue weighted by molar-refractivity contribution is 6.32. The summed E-state index contributed by atoms with van der Waals surface area (Å²) in [6.07, 6.45) is -1.75. The van der Waals surface area contributed by atoms with Gasteiger partial charge in [-0.25, -0.2) is 0 Å². The lowest BCUT2D eigenvalue weighted by Gasteiger charge is -2.55. The van der Waals surface area contributed by atoms with Gasteiger partial charge < -0.3 is 19.5 Å². The summed E-state index contributed by atoms with van der Waals surface area (Å²) in [5, 5.41) is 3.27. The van der Waals surface area contributed by atoms with Crippen molar-refractivity contribution in [1.29, 1.82) is 0 Å². The number of hydrogen-bond acceptors (Lipinski definition) is 6. The summed E-state index contributed by atoms with van der Waals surface area (Å²) < 4.78 is 18.0. The second kappa shape index (κ2) is 8.22. The molecule has 2 aromatic rings. The van der Waals surface area contributed by atoms with Gasteiger partial charge in [-0.3, -0.25) is 19.3 Å². The quantitative estimate of drug-likeness (QED) is 0.675. The number of halogens is 1. The number of hydrogen-bond donors (Lipinski definition) is 1. The molecule has 2 aromatic carbocycles. The fourth-order valence-electron chi connectivity index (χ4n) is 4.51. The normalized spacial score (nSPS) is 27.5. The third kappa shape index (κ3) is 4.04. The van der Waals surface area contributed by atoms with Gasteiger partial charge in [-0.1, -0.05) is 29.8 Å². The van der Waals surface area contributed by atoms with Crippen LogP contribution in [0.1, 0.15) is 44.9 Å². The number of amides is 3. The lowest BCUT2D eigenvalue weighted by Crippen LogP contribution is -2.71. The van der Waals surface area contributed by atoms with E-state index in [0.717, 1.165) is 0 Å². The summed E-state index contributed by atoms with van der Waals surface area (Å²) in [5.74, 6) is -1.90. The molecule has 9 heteroatoms. The first-order valence-corrected chi connectivity index (χ1v) is 11.1.